The first kappa shape index (κ1) is 11.3. The Hall–Kier alpha value is -2.15. The van der Waals surface area contributed by atoms with Crippen LogP contribution in [0.2, 0.25) is 0 Å². The van der Waals surface area contributed by atoms with Gasteiger partial charge in [-0.05, 0) is 12.1 Å². The maximum Gasteiger partial charge on any atom is 0.244 e. The molecule has 2 rings (SSSR count). The molecule has 1 N–H and O–H groups in total. The van der Waals surface area contributed by atoms with Crippen molar-refractivity contribution in [2.75, 3.05) is 7.11 Å². The van der Waals surface area contributed by atoms with E-state index in [0.717, 1.165) is 0 Å². The first-order chi connectivity index (χ1) is 8.29. The minimum Gasteiger partial charge on any atom is -0.461 e. The fourth-order valence-electron chi connectivity index (χ4n) is 1.25. The summed E-state index contributed by atoms with van der Waals surface area (Å²) in [5, 5.41) is 3.74. The van der Waals surface area contributed by atoms with E-state index in [1.807, 2.05) is 0 Å². The van der Waals surface area contributed by atoms with Crippen molar-refractivity contribution in [2.24, 2.45) is 0 Å². The molecule has 0 fully saturated rings. The van der Waals surface area contributed by atoms with E-state index < -0.39 is 0 Å². The first-order valence-corrected chi connectivity index (χ1v) is 4.98. The molecular formula is C10H11N3O4. The van der Waals surface area contributed by atoms with Gasteiger partial charge in [-0.1, -0.05) is 5.16 Å². The van der Waals surface area contributed by atoms with Gasteiger partial charge in [-0.2, -0.15) is 4.98 Å². The van der Waals surface area contributed by atoms with Crippen molar-refractivity contribution in [1.82, 2.24) is 15.6 Å². The lowest BCUT2D eigenvalue weighted by molar-refractivity contribution is -0.131. The molecule has 2 aromatic heterocycles. The van der Waals surface area contributed by atoms with Gasteiger partial charge in [0.1, 0.15) is 0 Å². The molecule has 0 radical (unpaired) electrons. The van der Waals surface area contributed by atoms with Crippen LogP contribution in [0.15, 0.2) is 27.3 Å². The molecule has 0 unspecified atom stereocenters. The zero-order valence-corrected chi connectivity index (χ0v) is 9.17. The average Bonchev–Trinajstić information content (AvgIpc) is 2.97. The molecule has 0 aliphatic rings. The summed E-state index contributed by atoms with van der Waals surface area (Å²) in [5.41, 5.74) is 2.20. The summed E-state index contributed by atoms with van der Waals surface area (Å²) in [6, 6.07) is 3.46. The normalized spacial score (nSPS) is 10.4. The van der Waals surface area contributed by atoms with Gasteiger partial charge >= 0.3 is 0 Å². The van der Waals surface area contributed by atoms with Crippen LogP contribution in [0.3, 0.4) is 0 Å². The van der Waals surface area contributed by atoms with Crippen molar-refractivity contribution >= 4 is 5.91 Å². The van der Waals surface area contributed by atoms with Gasteiger partial charge in [0, 0.05) is 12.8 Å². The number of aryl methyl sites for hydroxylation is 1. The summed E-state index contributed by atoms with van der Waals surface area (Å²) in [5.74, 6) is 1.03. The highest BCUT2D eigenvalue weighted by atomic mass is 16.6. The number of nitrogens with one attached hydrogen (secondary N) is 1. The summed E-state index contributed by atoms with van der Waals surface area (Å²) in [7, 11) is 1.37. The summed E-state index contributed by atoms with van der Waals surface area (Å²) in [4.78, 5) is 19.7. The van der Waals surface area contributed by atoms with Crippen LogP contribution in [-0.4, -0.2) is 23.2 Å². The maximum absolute atomic E-state index is 11.1. The van der Waals surface area contributed by atoms with E-state index >= 15 is 0 Å². The number of carbonyl (C=O) groups is 1. The molecule has 0 saturated carbocycles. The SMILES string of the molecule is CONC(=O)CCc1nc(-c2ccco2)no1. The Kier molecular flexibility index (Phi) is 3.51. The molecule has 0 aromatic carbocycles. The second-order valence-corrected chi connectivity index (χ2v) is 3.22. The molecule has 0 spiro atoms. The zero-order valence-electron chi connectivity index (χ0n) is 9.17. The van der Waals surface area contributed by atoms with E-state index in [-0.39, 0.29) is 12.3 Å². The molecule has 0 saturated heterocycles. The summed E-state index contributed by atoms with van der Waals surface area (Å²) < 4.78 is 10.1. The smallest absolute Gasteiger partial charge is 0.244 e. The van der Waals surface area contributed by atoms with Gasteiger partial charge in [0.05, 0.1) is 13.4 Å². The van der Waals surface area contributed by atoms with E-state index in [4.69, 9.17) is 8.94 Å². The van der Waals surface area contributed by atoms with E-state index in [1.54, 1.807) is 12.1 Å². The molecule has 2 aromatic rings. The van der Waals surface area contributed by atoms with Crippen molar-refractivity contribution in [3.05, 3.63) is 24.3 Å². The van der Waals surface area contributed by atoms with E-state index in [1.165, 1.54) is 13.4 Å². The van der Waals surface area contributed by atoms with Crippen LogP contribution in [0.4, 0.5) is 0 Å². The topological polar surface area (TPSA) is 90.4 Å². The fraction of sp³-hybridized carbons (Fsp3) is 0.300. The number of carbonyl (C=O) groups excluding carboxylic acids is 1. The van der Waals surface area contributed by atoms with Crippen LogP contribution in [0.1, 0.15) is 12.3 Å². The highest BCUT2D eigenvalue weighted by molar-refractivity contribution is 5.74. The zero-order chi connectivity index (χ0) is 12.1. The van der Waals surface area contributed by atoms with Crippen LogP contribution in [0, 0.1) is 0 Å². The first-order valence-electron chi connectivity index (χ1n) is 4.98. The lowest BCUT2D eigenvalue weighted by atomic mass is 10.3. The summed E-state index contributed by atoms with van der Waals surface area (Å²) in [6.45, 7) is 0. The molecule has 17 heavy (non-hydrogen) atoms. The van der Waals surface area contributed by atoms with Crippen molar-refractivity contribution in [3.63, 3.8) is 0 Å². The quantitative estimate of drug-likeness (QED) is 0.778. The molecule has 7 nitrogen and oxygen atoms in total. The van der Waals surface area contributed by atoms with Gasteiger partial charge in [-0.25, -0.2) is 5.48 Å². The molecule has 0 bridgehead atoms. The minimum absolute atomic E-state index is 0.216. The van der Waals surface area contributed by atoms with Gasteiger partial charge < -0.3 is 8.94 Å². The lowest BCUT2D eigenvalue weighted by Crippen LogP contribution is -2.21. The van der Waals surface area contributed by atoms with Crippen molar-refractivity contribution in [1.29, 1.82) is 0 Å². The molecule has 90 valence electrons. The third kappa shape index (κ3) is 2.91. The Morgan fingerprint density at radius 2 is 2.47 bits per heavy atom. The standard InChI is InChI=1S/C10H11N3O4/c1-15-12-8(14)4-5-9-11-10(13-17-9)7-3-2-6-16-7/h2-3,6H,4-5H2,1H3,(H,12,14). The molecule has 0 aliphatic heterocycles. The Balaban J connectivity index is 1.93. The van der Waals surface area contributed by atoms with Crippen LogP contribution >= 0.6 is 0 Å². The lowest BCUT2D eigenvalue weighted by Gasteiger charge is -1.98. The predicted molar refractivity (Wildman–Crippen MR) is 55.5 cm³/mol. The van der Waals surface area contributed by atoms with E-state index in [0.29, 0.717) is 23.9 Å². The number of furan rings is 1. The molecule has 2 heterocycles. The van der Waals surface area contributed by atoms with Crippen molar-refractivity contribution < 1.29 is 18.6 Å². The largest absolute Gasteiger partial charge is 0.461 e. The Morgan fingerprint density at radius 3 is 3.18 bits per heavy atom. The molecule has 0 atom stereocenters. The van der Waals surface area contributed by atoms with Crippen LogP contribution < -0.4 is 5.48 Å². The molecule has 1 amide bonds. The number of hydrogen-bond acceptors (Lipinski definition) is 6. The second kappa shape index (κ2) is 5.26. The Bertz CT molecular complexity index is 477. The highest BCUT2D eigenvalue weighted by Gasteiger charge is 2.11. The molecule has 0 aliphatic carbocycles. The Labute approximate surface area is 96.7 Å². The third-order valence-electron chi connectivity index (χ3n) is 1.99. The van der Waals surface area contributed by atoms with Gasteiger partial charge in [0.2, 0.25) is 17.6 Å². The highest BCUT2D eigenvalue weighted by Crippen LogP contribution is 2.16. The Morgan fingerprint density at radius 1 is 1.59 bits per heavy atom. The number of nitrogens with zero attached hydrogens (tertiary/aromatic N) is 2. The van der Waals surface area contributed by atoms with Crippen LogP contribution in [0.25, 0.3) is 11.6 Å². The number of aromatic nitrogens is 2. The second-order valence-electron chi connectivity index (χ2n) is 3.22. The maximum atomic E-state index is 11.1. The number of amides is 1. The van der Waals surface area contributed by atoms with Gasteiger partial charge in [-0.15, -0.1) is 0 Å². The number of rotatable bonds is 5. The van der Waals surface area contributed by atoms with Gasteiger partial charge in [-0.3, -0.25) is 9.63 Å². The van der Waals surface area contributed by atoms with E-state index in [2.05, 4.69) is 20.5 Å². The average molecular weight is 237 g/mol. The van der Waals surface area contributed by atoms with Gasteiger partial charge in [0.25, 0.3) is 0 Å². The minimum atomic E-state index is -0.245. The number of hydrogen-bond donors (Lipinski definition) is 1. The number of hydroxylamine groups is 1. The van der Waals surface area contributed by atoms with Crippen LogP contribution in [0.5, 0.6) is 0 Å². The van der Waals surface area contributed by atoms with Crippen molar-refractivity contribution in [2.45, 2.75) is 12.8 Å². The van der Waals surface area contributed by atoms with Crippen molar-refractivity contribution in [3.8, 4) is 11.6 Å². The summed E-state index contributed by atoms with van der Waals surface area (Å²) >= 11 is 0. The third-order valence-corrected chi connectivity index (χ3v) is 1.99. The monoisotopic (exact) mass is 237 g/mol. The molecular weight excluding hydrogens is 226 g/mol. The van der Waals surface area contributed by atoms with Gasteiger partial charge in [0.15, 0.2) is 5.76 Å². The van der Waals surface area contributed by atoms with Crippen LogP contribution in [-0.2, 0) is 16.1 Å². The molecule has 7 heteroatoms. The van der Waals surface area contributed by atoms with E-state index in [9.17, 15) is 4.79 Å². The fourth-order valence-corrected chi connectivity index (χ4v) is 1.25. The predicted octanol–water partition coefficient (Wildman–Crippen LogP) is 0.940. The summed E-state index contributed by atoms with van der Waals surface area (Å²) in [6.07, 6.45) is 2.09.